The Kier molecular flexibility index (Phi) is 5.24. The molecule has 78 valence electrons. The summed E-state index contributed by atoms with van der Waals surface area (Å²) in [6.07, 6.45) is 0. The van der Waals surface area contributed by atoms with Crippen LogP contribution >= 0.6 is 39.3 Å². The van der Waals surface area contributed by atoms with Crippen molar-refractivity contribution in [2.24, 2.45) is 0 Å². The Hall–Kier alpha value is -0.430. The lowest BCUT2D eigenvalue weighted by Gasteiger charge is -2.02. The Bertz CT molecular complexity index is 406. The van der Waals surface area contributed by atoms with Crippen LogP contribution in [0, 0.1) is 11.3 Å². The van der Waals surface area contributed by atoms with Crippen LogP contribution in [0.5, 0.6) is 0 Å². The van der Waals surface area contributed by atoms with Crippen molar-refractivity contribution >= 4 is 43.8 Å². The molecule has 0 spiro atoms. The van der Waals surface area contributed by atoms with E-state index in [-0.39, 0.29) is 0 Å². The number of hydrogen-bond donors (Lipinski definition) is 0. The number of rotatable bonds is 3. The maximum Gasteiger partial charge on any atom is 0.107 e. The molecule has 1 nitrogen and oxygen atoms in total. The quantitative estimate of drug-likeness (QED) is 0.757. The number of benzene rings is 1. The standard InChI is InChI=1S/C11H9BrClNS/c1-2-15-10(7-14)11(12)8-3-5-9(13)6-4-8/h3-6H,2H2,1H3/b11-10-. The van der Waals surface area contributed by atoms with Crippen LogP contribution in [0.2, 0.25) is 5.02 Å². The molecule has 0 aromatic heterocycles. The average Bonchev–Trinajstić information content (AvgIpc) is 2.26. The zero-order valence-electron chi connectivity index (χ0n) is 8.13. The number of hydrogen-bond acceptors (Lipinski definition) is 2. The summed E-state index contributed by atoms with van der Waals surface area (Å²) in [4.78, 5) is 0.694. The van der Waals surface area contributed by atoms with Gasteiger partial charge < -0.3 is 0 Å². The Balaban J connectivity index is 3.06. The summed E-state index contributed by atoms with van der Waals surface area (Å²) >= 11 is 10.7. The summed E-state index contributed by atoms with van der Waals surface area (Å²) in [6, 6.07) is 9.57. The molecule has 4 heteroatoms. The van der Waals surface area contributed by atoms with E-state index in [1.54, 1.807) is 0 Å². The number of nitrogens with zero attached hydrogens (tertiary/aromatic N) is 1. The van der Waals surface area contributed by atoms with Gasteiger partial charge in [-0.15, -0.1) is 11.8 Å². The molecular weight excluding hydrogens is 294 g/mol. The second kappa shape index (κ2) is 6.22. The van der Waals surface area contributed by atoms with Gasteiger partial charge in [-0.3, -0.25) is 0 Å². The predicted molar refractivity (Wildman–Crippen MR) is 71.0 cm³/mol. The highest BCUT2D eigenvalue weighted by molar-refractivity contribution is 9.15. The number of thioether (sulfide) groups is 1. The lowest BCUT2D eigenvalue weighted by molar-refractivity contribution is 1.51. The van der Waals surface area contributed by atoms with Crippen LogP contribution in [0.4, 0.5) is 0 Å². The van der Waals surface area contributed by atoms with E-state index in [2.05, 4.69) is 22.0 Å². The Labute approximate surface area is 107 Å². The fourth-order valence-electron chi connectivity index (χ4n) is 1.02. The van der Waals surface area contributed by atoms with Gasteiger partial charge in [-0.1, -0.05) is 30.7 Å². The largest absolute Gasteiger partial charge is 0.192 e. The van der Waals surface area contributed by atoms with Gasteiger partial charge in [0.2, 0.25) is 0 Å². The van der Waals surface area contributed by atoms with E-state index in [9.17, 15) is 0 Å². The predicted octanol–water partition coefficient (Wildman–Crippen LogP) is 4.68. The highest BCUT2D eigenvalue weighted by atomic mass is 79.9. The van der Waals surface area contributed by atoms with Gasteiger partial charge in [-0.05, 0) is 39.4 Å². The van der Waals surface area contributed by atoms with Gasteiger partial charge in [0.15, 0.2) is 0 Å². The van der Waals surface area contributed by atoms with Gasteiger partial charge in [0.1, 0.15) is 6.07 Å². The van der Waals surface area contributed by atoms with Crippen LogP contribution in [-0.2, 0) is 0 Å². The normalized spacial score (nSPS) is 11.9. The maximum atomic E-state index is 8.96. The molecule has 0 saturated heterocycles. The minimum absolute atomic E-state index is 0.694. The lowest BCUT2D eigenvalue weighted by Crippen LogP contribution is -1.81. The molecule has 1 aromatic carbocycles. The first kappa shape index (κ1) is 12.6. The molecule has 0 atom stereocenters. The van der Waals surface area contributed by atoms with Gasteiger partial charge in [0.05, 0.1) is 4.91 Å². The molecule has 0 fully saturated rings. The fraction of sp³-hybridized carbons (Fsp3) is 0.182. The Morgan fingerprint density at radius 2 is 2.07 bits per heavy atom. The van der Waals surface area contributed by atoms with Gasteiger partial charge in [-0.2, -0.15) is 5.26 Å². The average molecular weight is 303 g/mol. The SMILES string of the molecule is CCS/C(C#N)=C(\Br)c1ccc(Cl)cc1. The summed E-state index contributed by atoms with van der Waals surface area (Å²) in [7, 11) is 0. The number of nitriles is 1. The summed E-state index contributed by atoms with van der Waals surface area (Å²) in [5.74, 6) is 0.881. The first-order valence-corrected chi connectivity index (χ1v) is 6.53. The van der Waals surface area contributed by atoms with E-state index in [1.807, 2.05) is 31.2 Å². The first-order valence-electron chi connectivity index (χ1n) is 4.37. The van der Waals surface area contributed by atoms with E-state index < -0.39 is 0 Å². The smallest absolute Gasteiger partial charge is 0.107 e. The van der Waals surface area contributed by atoms with E-state index in [0.29, 0.717) is 9.93 Å². The van der Waals surface area contributed by atoms with Gasteiger partial charge in [0, 0.05) is 9.51 Å². The summed E-state index contributed by atoms with van der Waals surface area (Å²) in [5.41, 5.74) is 0.969. The summed E-state index contributed by atoms with van der Waals surface area (Å²) in [5, 5.41) is 9.65. The molecule has 0 saturated carbocycles. The minimum Gasteiger partial charge on any atom is -0.192 e. The summed E-state index contributed by atoms with van der Waals surface area (Å²) < 4.78 is 0.827. The molecule has 0 heterocycles. The molecule has 0 aliphatic carbocycles. The van der Waals surface area contributed by atoms with Crippen molar-refractivity contribution in [2.75, 3.05) is 5.75 Å². The third-order valence-electron chi connectivity index (χ3n) is 1.69. The number of allylic oxidation sites excluding steroid dienone is 1. The topological polar surface area (TPSA) is 23.8 Å². The Morgan fingerprint density at radius 3 is 2.53 bits per heavy atom. The molecule has 0 radical (unpaired) electrons. The van der Waals surface area contributed by atoms with E-state index in [4.69, 9.17) is 16.9 Å². The second-order valence-electron chi connectivity index (χ2n) is 2.69. The summed E-state index contributed by atoms with van der Waals surface area (Å²) in [6.45, 7) is 2.02. The molecule has 0 aliphatic heterocycles. The van der Waals surface area contributed by atoms with Crippen LogP contribution in [0.25, 0.3) is 4.48 Å². The van der Waals surface area contributed by atoms with Crippen LogP contribution in [0.3, 0.4) is 0 Å². The van der Waals surface area contributed by atoms with Gasteiger partial charge in [-0.25, -0.2) is 0 Å². The zero-order valence-corrected chi connectivity index (χ0v) is 11.3. The molecule has 1 rings (SSSR count). The molecule has 0 N–H and O–H groups in total. The van der Waals surface area contributed by atoms with Crippen LogP contribution < -0.4 is 0 Å². The van der Waals surface area contributed by atoms with E-state index in [0.717, 1.165) is 15.8 Å². The highest BCUT2D eigenvalue weighted by Crippen LogP contribution is 2.31. The number of halogens is 2. The molecule has 0 unspecified atom stereocenters. The molecular formula is C11H9BrClNS. The van der Waals surface area contributed by atoms with Crippen molar-refractivity contribution in [2.45, 2.75) is 6.92 Å². The van der Waals surface area contributed by atoms with Crippen molar-refractivity contribution in [1.82, 2.24) is 0 Å². The minimum atomic E-state index is 0.694. The zero-order chi connectivity index (χ0) is 11.3. The Morgan fingerprint density at radius 1 is 1.47 bits per heavy atom. The molecule has 15 heavy (non-hydrogen) atoms. The third kappa shape index (κ3) is 3.57. The lowest BCUT2D eigenvalue weighted by atomic mass is 10.2. The fourth-order valence-corrected chi connectivity index (χ4v) is 2.44. The molecule has 1 aromatic rings. The second-order valence-corrected chi connectivity index (χ2v) is 5.20. The van der Waals surface area contributed by atoms with Gasteiger partial charge in [0.25, 0.3) is 0 Å². The molecule has 0 amide bonds. The van der Waals surface area contributed by atoms with Crippen molar-refractivity contribution in [3.05, 3.63) is 39.8 Å². The van der Waals surface area contributed by atoms with E-state index >= 15 is 0 Å². The van der Waals surface area contributed by atoms with E-state index in [1.165, 1.54) is 11.8 Å². The van der Waals surface area contributed by atoms with Crippen LogP contribution in [-0.4, -0.2) is 5.75 Å². The third-order valence-corrected chi connectivity index (χ3v) is 3.93. The first-order chi connectivity index (χ1) is 7.19. The monoisotopic (exact) mass is 301 g/mol. The van der Waals surface area contributed by atoms with Crippen molar-refractivity contribution in [3.8, 4) is 6.07 Å². The molecule has 0 aliphatic rings. The van der Waals surface area contributed by atoms with Crippen LogP contribution in [0.1, 0.15) is 12.5 Å². The highest BCUT2D eigenvalue weighted by Gasteiger charge is 2.05. The van der Waals surface area contributed by atoms with Gasteiger partial charge >= 0.3 is 0 Å². The van der Waals surface area contributed by atoms with Crippen molar-refractivity contribution < 1.29 is 0 Å². The maximum absolute atomic E-state index is 8.96. The molecule has 0 bridgehead atoms. The van der Waals surface area contributed by atoms with Crippen molar-refractivity contribution in [3.63, 3.8) is 0 Å². The van der Waals surface area contributed by atoms with Crippen molar-refractivity contribution in [1.29, 1.82) is 5.26 Å². The van der Waals surface area contributed by atoms with Crippen LogP contribution in [0.15, 0.2) is 29.2 Å².